The number of imide groups is 2. The number of carbonyl (C=O) groups excluding carboxylic acids is 3. The first kappa shape index (κ1) is 25.2. The molecule has 0 aliphatic carbocycles. The lowest BCUT2D eigenvalue weighted by Gasteiger charge is -2.27. The maximum Gasteiger partial charge on any atom is 0.335 e. The molecule has 1 fully saturated rings. The highest BCUT2D eigenvalue weighted by Crippen LogP contribution is 2.32. The van der Waals surface area contributed by atoms with Gasteiger partial charge in [0, 0.05) is 4.47 Å². The minimum absolute atomic E-state index is 0.160. The molecule has 36 heavy (non-hydrogen) atoms. The van der Waals surface area contributed by atoms with Crippen LogP contribution in [0.5, 0.6) is 11.5 Å². The van der Waals surface area contributed by atoms with Gasteiger partial charge in [0.25, 0.3) is 11.8 Å². The predicted molar refractivity (Wildman–Crippen MR) is 141 cm³/mol. The fourth-order valence-corrected chi connectivity index (χ4v) is 4.24. The molecule has 184 valence electrons. The van der Waals surface area contributed by atoms with Crippen LogP contribution in [0.2, 0.25) is 0 Å². The number of urea groups is 1. The Bertz CT molecular complexity index is 1360. The lowest BCUT2D eigenvalue weighted by Crippen LogP contribution is -2.54. The number of rotatable bonds is 7. The standard InChI is InChI=1S/C28H25BrN2O5/c1-4-35-25-15-20(9-12-24(25)36-16-19-7-5-17(2)6-8-19)14-22-26(32)30-28(34)31(27(22)33)23-11-10-21(29)13-18(23)3/h5-15H,4,16H2,1-3H3,(H,30,32,34)/b22-14-. The molecule has 1 aliphatic rings. The van der Waals surface area contributed by atoms with Crippen molar-refractivity contribution in [2.45, 2.75) is 27.4 Å². The monoisotopic (exact) mass is 548 g/mol. The zero-order valence-corrected chi connectivity index (χ0v) is 21.7. The lowest BCUT2D eigenvalue weighted by molar-refractivity contribution is -0.122. The number of halogens is 1. The molecule has 7 nitrogen and oxygen atoms in total. The van der Waals surface area contributed by atoms with E-state index in [2.05, 4.69) is 21.2 Å². The summed E-state index contributed by atoms with van der Waals surface area (Å²) in [6.45, 7) is 6.44. The van der Waals surface area contributed by atoms with Crippen molar-refractivity contribution < 1.29 is 23.9 Å². The number of barbiturate groups is 1. The number of aryl methyl sites for hydroxylation is 2. The predicted octanol–water partition coefficient (Wildman–Crippen LogP) is 5.71. The highest BCUT2D eigenvalue weighted by molar-refractivity contribution is 9.10. The van der Waals surface area contributed by atoms with Crippen LogP contribution in [-0.2, 0) is 16.2 Å². The van der Waals surface area contributed by atoms with Crippen molar-refractivity contribution in [1.29, 1.82) is 0 Å². The van der Waals surface area contributed by atoms with Crippen molar-refractivity contribution in [2.24, 2.45) is 0 Å². The molecule has 0 saturated carbocycles. The van der Waals surface area contributed by atoms with E-state index >= 15 is 0 Å². The van der Waals surface area contributed by atoms with E-state index in [0.717, 1.165) is 14.9 Å². The van der Waals surface area contributed by atoms with Gasteiger partial charge in [-0.2, -0.15) is 0 Å². The molecule has 8 heteroatoms. The van der Waals surface area contributed by atoms with Crippen LogP contribution in [0, 0.1) is 13.8 Å². The molecule has 3 aromatic rings. The summed E-state index contributed by atoms with van der Waals surface area (Å²) in [5.41, 5.74) is 3.69. The first-order valence-electron chi connectivity index (χ1n) is 11.4. The Morgan fingerprint density at radius 2 is 1.67 bits per heavy atom. The van der Waals surface area contributed by atoms with E-state index in [1.165, 1.54) is 11.6 Å². The van der Waals surface area contributed by atoms with Crippen LogP contribution in [-0.4, -0.2) is 24.5 Å². The normalized spacial score (nSPS) is 14.7. The average Bonchev–Trinajstić information content (AvgIpc) is 2.83. The average molecular weight is 549 g/mol. The number of amides is 4. The van der Waals surface area contributed by atoms with Crippen molar-refractivity contribution in [2.75, 3.05) is 11.5 Å². The number of carbonyl (C=O) groups is 3. The van der Waals surface area contributed by atoms with Crippen LogP contribution in [0.4, 0.5) is 10.5 Å². The number of hydrogen-bond donors (Lipinski definition) is 1. The van der Waals surface area contributed by atoms with Crippen molar-refractivity contribution >= 4 is 45.5 Å². The third-order valence-electron chi connectivity index (χ3n) is 5.59. The largest absolute Gasteiger partial charge is 0.490 e. The van der Waals surface area contributed by atoms with Crippen molar-refractivity contribution in [3.8, 4) is 11.5 Å². The Balaban J connectivity index is 1.62. The van der Waals surface area contributed by atoms with Crippen molar-refractivity contribution in [3.05, 3.63) is 93.0 Å². The molecule has 1 aliphatic heterocycles. The van der Waals surface area contributed by atoms with Gasteiger partial charge >= 0.3 is 6.03 Å². The second kappa shape index (κ2) is 10.8. The van der Waals surface area contributed by atoms with Crippen LogP contribution in [0.15, 0.2) is 70.7 Å². The van der Waals surface area contributed by atoms with Crippen LogP contribution in [0.3, 0.4) is 0 Å². The first-order chi connectivity index (χ1) is 17.3. The Morgan fingerprint density at radius 1 is 0.917 bits per heavy atom. The third kappa shape index (κ3) is 5.49. The summed E-state index contributed by atoms with van der Waals surface area (Å²) in [6, 6.07) is 17.6. The number of ether oxygens (including phenoxy) is 2. The summed E-state index contributed by atoms with van der Waals surface area (Å²) < 4.78 is 12.5. The maximum absolute atomic E-state index is 13.3. The Kier molecular flexibility index (Phi) is 7.55. The quantitative estimate of drug-likeness (QED) is 0.302. The highest BCUT2D eigenvalue weighted by atomic mass is 79.9. The van der Waals surface area contributed by atoms with Gasteiger partial charge in [-0.15, -0.1) is 0 Å². The molecule has 4 rings (SSSR count). The zero-order chi connectivity index (χ0) is 25.8. The Labute approximate surface area is 217 Å². The Morgan fingerprint density at radius 3 is 2.36 bits per heavy atom. The van der Waals surface area contributed by atoms with Crippen LogP contribution >= 0.6 is 15.9 Å². The smallest absolute Gasteiger partial charge is 0.335 e. The molecule has 1 N–H and O–H groups in total. The van der Waals surface area contributed by atoms with Gasteiger partial charge < -0.3 is 9.47 Å². The zero-order valence-electron chi connectivity index (χ0n) is 20.1. The molecule has 0 radical (unpaired) electrons. The SMILES string of the molecule is CCOc1cc(/C=C2/C(=O)NC(=O)N(c3ccc(Br)cc3C)C2=O)ccc1OCc1ccc(C)cc1. The molecule has 1 heterocycles. The van der Waals surface area contributed by atoms with E-state index in [9.17, 15) is 14.4 Å². The van der Waals surface area contributed by atoms with Gasteiger partial charge in [0.2, 0.25) is 0 Å². The van der Waals surface area contributed by atoms with Gasteiger partial charge in [-0.25, -0.2) is 9.69 Å². The minimum Gasteiger partial charge on any atom is -0.490 e. The van der Waals surface area contributed by atoms with Crippen LogP contribution in [0.1, 0.15) is 29.2 Å². The molecular formula is C28H25BrN2O5. The van der Waals surface area contributed by atoms with E-state index in [1.807, 2.05) is 38.1 Å². The van der Waals surface area contributed by atoms with Crippen molar-refractivity contribution in [3.63, 3.8) is 0 Å². The summed E-state index contributed by atoms with van der Waals surface area (Å²) in [4.78, 5) is 39.4. The Hall–Kier alpha value is -3.91. The van der Waals surface area contributed by atoms with E-state index in [-0.39, 0.29) is 5.57 Å². The number of nitrogens with zero attached hydrogens (tertiary/aromatic N) is 1. The number of anilines is 1. The second-order valence-corrected chi connectivity index (χ2v) is 9.22. The summed E-state index contributed by atoms with van der Waals surface area (Å²) in [6.07, 6.45) is 1.44. The molecule has 3 aromatic carbocycles. The van der Waals surface area contributed by atoms with Gasteiger partial charge in [0.15, 0.2) is 11.5 Å². The fraction of sp³-hybridized carbons (Fsp3) is 0.179. The summed E-state index contributed by atoms with van der Waals surface area (Å²) in [7, 11) is 0. The maximum atomic E-state index is 13.3. The molecule has 0 unspecified atom stereocenters. The molecule has 0 bridgehead atoms. The van der Waals surface area contributed by atoms with E-state index in [4.69, 9.17) is 9.47 Å². The third-order valence-corrected chi connectivity index (χ3v) is 6.09. The summed E-state index contributed by atoms with van der Waals surface area (Å²) in [5, 5.41) is 2.26. The highest BCUT2D eigenvalue weighted by Gasteiger charge is 2.37. The number of benzene rings is 3. The minimum atomic E-state index is -0.789. The summed E-state index contributed by atoms with van der Waals surface area (Å²) >= 11 is 3.38. The van der Waals surface area contributed by atoms with Gasteiger partial charge in [-0.1, -0.05) is 51.8 Å². The molecule has 0 spiro atoms. The number of nitrogens with one attached hydrogen (secondary N) is 1. The topological polar surface area (TPSA) is 84.9 Å². The van der Waals surface area contributed by atoms with Crippen LogP contribution in [0.25, 0.3) is 6.08 Å². The summed E-state index contributed by atoms with van der Waals surface area (Å²) in [5.74, 6) is -0.430. The van der Waals surface area contributed by atoms with Gasteiger partial charge in [-0.3, -0.25) is 14.9 Å². The molecule has 4 amide bonds. The fourth-order valence-electron chi connectivity index (χ4n) is 3.76. The number of hydrogen-bond acceptors (Lipinski definition) is 5. The second-order valence-electron chi connectivity index (χ2n) is 8.30. The first-order valence-corrected chi connectivity index (χ1v) is 12.2. The van der Waals surface area contributed by atoms with Gasteiger partial charge in [0.1, 0.15) is 12.2 Å². The molecule has 0 atom stereocenters. The van der Waals surface area contributed by atoms with E-state index < -0.39 is 17.8 Å². The van der Waals surface area contributed by atoms with E-state index in [1.54, 1.807) is 43.3 Å². The van der Waals surface area contributed by atoms with Gasteiger partial charge in [-0.05, 0) is 73.9 Å². The van der Waals surface area contributed by atoms with E-state index in [0.29, 0.717) is 41.5 Å². The lowest BCUT2D eigenvalue weighted by atomic mass is 10.1. The van der Waals surface area contributed by atoms with Crippen LogP contribution < -0.4 is 19.7 Å². The van der Waals surface area contributed by atoms with Crippen molar-refractivity contribution in [1.82, 2.24) is 5.32 Å². The molecule has 1 saturated heterocycles. The molecule has 0 aromatic heterocycles. The molecular weight excluding hydrogens is 524 g/mol. The van der Waals surface area contributed by atoms with Gasteiger partial charge in [0.05, 0.1) is 12.3 Å².